The van der Waals surface area contributed by atoms with Crippen molar-refractivity contribution in [1.29, 1.82) is 0 Å². The predicted octanol–water partition coefficient (Wildman–Crippen LogP) is -0.0426. The summed E-state index contributed by atoms with van der Waals surface area (Å²) in [6.45, 7) is 1.20. The summed E-state index contributed by atoms with van der Waals surface area (Å²) in [6.07, 6.45) is 0. The predicted molar refractivity (Wildman–Crippen MR) is 74.6 cm³/mol. The van der Waals surface area contributed by atoms with Crippen molar-refractivity contribution in [2.75, 3.05) is 40.5 Å². The van der Waals surface area contributed by atoms with Crippen molar-refractivity contribution in [3.63, 3.8) is 0 Å². The smallest absolute Gasteiger partial charge is 0.244 e. The van der Waals surface area contributed by atoms with E-state index in [0.717, 1.165) is 0 Å². The fraction of sp³-hybridized carbons (Fsp3) is 0.500. The van der Waals surface area contributed by atoms with Crippen molar-refractivity contribution in [3.05, 3.63) is 18.2 Å². The quantitative estimate of drug-likeness (QED) is 0.621. The van der Waals surface area contributed by atoms with Gasteiger partial charge in [0.05, 0.1) is 27.4 Å². The molecule has 0 bridgehead atoms. The van der Waals surface area contributed by atoms with Crippen LogP contribution in [0.25, 0.3) is 0 Å². The van der Waals surface area contributed by atoms with E-state index in [4.69, 9.17) is 19.9 Å². The molecule has 0 atom stereocenters. The van der Waals surface area contributed by atoms with Crippen LogP contribution in [0.5, 0.6) is 11.5 Å². The number of ether oxygens (including phenoxy) is 3. The van der Waals surface area contributed by atoms with E-state index in [1.807, 2.05) is 0 Å². The van der Waals surface area contributed by atoms with Gasteiger partial charge in [0.25, 0.3) is 0 Å². The third-order valence-electron chi connectivity index (χ3n) is 2.46. The van der Waals surface area contributed by atoms with Crippen molar-refractivity contribution in [3.8, 4) is 11.5 Å². The molecule has 3 N–H and O–H groups in total. The van der Waals surface area contributed by atoms with Crippen LogP contribution in [0.15, 0.2) is 23.1 Å². The van der Waals surface area contributed by atoms with Gasteiger partial charge < -0.3 is 19.9 Å². The fourth-order valence-electron chi connectivity index (χ4n) is 1.51. The molecule has 0 unspecified atom stereocenters. The molecule has 8 heteroatoms. The van der Waals surface area contributed by atoms with Crippen molar-refractivity contribution in [2.24, 2.45) is 5.73 Å². The molecule has 20 heavy (non-hydrogen) atoms. The number of methoxy groups -OCH3 is 2. The highest BCUT2D eigenvalue weighted by Crippen LogP contribution is 2.27. The average molecular weight is 304 g/mol. The Morgan fingerprint density at radius 3 is 2.55 bits per heavy atom. The minimum atomic E-state index is -3.69. The second kappa shape index (κ2) is 8.05. The highest BCUT2D eigenvalue weighted by atomic mass is 32.2. The molecule has 7 nitrogen and oxygen atoms in total. The van der Waals surface area contributed by atoms with Gasteiger partial charge in [-0.25, -0.2) is 13.1 Å². The molecule has 0 aliphatic rings. The van der Waals surface area contributed by atoms with Gasteiger partial charge in [0.2, 0.25) is 10.0 Å². The normalized spacial score (nSPS) is 11.3. The van der Waals surface area contributed by atoms with E-state index in [1.54, 1.807) is 6.07 Å². The topological polar surface area (TPSA) is 99.9 Å². The highest BCUT2D eigenvalue weighted by molar-refractivity contribution is 7.89. The lowest BCUT2D eigenvalue weighted by Gasteiger charge is -2.12. The second-order valence-corrected chi connectivity index (χ2v) is 5.55. The molecule has 1 rings (SSSR count). The van der Waals surface area contributed by atoms with E-state index in [1.165, 1.54) is 26.4 Å². The molecule has 0 aromatic heterocycles. The minimum absolute atomic E-state index is 0.0261. The Kier molecular flexibility index (Phi) is 6.73. The maximum Gasteiger partial charge on any atom is 0.244 e. The summed E-state index contributed by atoms with van der Waals surface area (Å²) in [4.78, 5) is 0.0261. The number of sulfonamides is 1. The van der Waals surface area contributed by atoms with Gasteiger partial charge in [-0.1, -0.05) is 0 Å². The zero-order chi connectivity index (χ0) is 15.0. The van der Waals surface area contributed by atoms with Gasteiger partial charge in [-0.3, -0.25) is 0 Å². The highest BCUT2D eigenvalue weighted by Gasteiger charge is 2.19. The summed E-state index contributed by atoms with van der Waals surface area (Å²) in [5.74, 6) is 0.687. The Balaban J connectivity index is 2.80. The van der Waals surface area contributed by atoms with Gasteiger partial charge in [0.1, 0.15) is 16.4 Å². The molecular formula is C12H20N2O5S. The molecule has 1 aromatic carbocycles. The largest absolute Gasteiger partial charge is 0.497 e. The third-order valence-corrected chi connectivity index (χ3v) is 3.94. The molecule has 0 aliphatic heterocycles. The first-order valence-corrected chi connectivity index (χ1v) is 7.53. The Bertz CT molecular complexity index is 519. The fourth-order valence-corrected chi connectivity index (χ4v) is 2.70. The average Bonchev–Trinajstić information content (AvgIpc) is 2.46. The Morgan fingerprint density at radius 2 is 1.95 bits per heavy atom. The van der Waals surface area contributed by atoms with E-state index in [-0.39, 0.29) is 23.8 Å². The molecule has 0 saturated carbocycles. The van der Waals surface area contributed by atoms with Gasteiger partial charge in [-0.15, -0.1) is 0 Å². The number of rotatable bonds is 9. The molecule has 0 amide bonds. The Morgan fingerprint density at radius 1 is 1.20 bits per heavy atom. The molecule has 114 valence electrons. The number of hydrogen-bond donors (Lipinski definition) is 2. The molecule has 0 radical (unpaired) electrons. The summed E-state index contributed by atoms with van der Waals surface area (Å²) < 4.78 is 42.0. The van der Waals surface area contributed by atoms with Crippen molar-refractivity contribution >= 4 is 10.0 Å². The molecule has 1 aromatic rings. The van der Waals surface area contributed by atoms with Gasteiger partial charge in [0, 0.05) is 19.2 Å². The van der Waals surface area contributed by atoms with E-state index in [2.05, 4.69) is 4.72 Å². The third kappa shape index (κ3) is 4.64. The summed E-state index contributed by atoms with van der Waals surface area (Å²) in [5, 5.41) is 0. The van der Waals surface area contributed by atoms with E-state index < -0.39 is 10.0 Å². The monoisotopic (exact) mass is 304 g/mol. The SMILES string of the molecule is COc1ccc(OC)c(S(=O)(=O)NCCOCCN)c1. The second-order valence-electron chi connectivity index (χ2n) is 3.82. The van der Waals surface area contributed by atoms with Crippen LogP contribution < -0.4 is 19.9 Å². The van der Waals surface area contributed by atoms with Crippen LogP contribution in [0.4, 0.5) is 0 Å². The number of hydrogen-bond acceptors (Lipinski definition) is 6. The first kappa shape index (κ1) is 16.7. The maximum atomic E-state index is 12.2. The van der Waals surface area contributed by atoms with Crippen molar-refractivity contribution < 1.29 is 22.6 Å². The first-order valence-electron chi connectivity index (χ1n) is 6.04. The Labute approximate surface area is 119 Å². The zero-order valence-corrected chi connectivity index (χ0v) is 12.4. The summed E-state index contributed by atoms with van der Waals surface area (Å²) in [7, 11) is -0.817. The standard InChI is InChI=1S/C12H20N2O5S/c1-17-10-3-4-11(18-2)12(9-10)20(15,16)14-6-8-19-7-5-13/h3-4,9,14H,5-8,13H2,1-2H3. The van der Waals surface area contributed by atoms with Crippen LogP contribution in [0.1, 0.15) is 0 Å². The van der Waals surface area contributed by atoms with Crippen LogP contribution >= 0.6 is 0 Å². The number of benzene rings is 1. The van der Waals surface area contributed by atoms with Crippen LogP contribution in [-0.2, 0) is 14.8 Å². The number of nitrogens with two attached hydrogens (primary N) is 1. The maximum absolute atomic E-state index is 12.2. The summed E-state index contributed by atoms with van der Waals surface area (Å²) >= 11 is 0. The molecule has 0 spiro atoms. The summed E-state index contributed by atoms with van der Waals surface area (Å²) in [5.41, 5.74) is 5.26. The lowest BCUT2D eigenvalue weighted by atomic mass is 10.3. The molecule has 0 heterocycles. The van der Waals surface area contributed by atoms with Crippen LogP contribution in [0, 0.1) is 0 Å². The number of nitrogens with one attached hydrogen (secondary N) is 1. The van der Waals surface area contributed by atoms with Gasteiger partial charge in [-0.05, 0) is 12.1 Å². The van der Waals surface area contributed by atoms with Crippen molar-refractivity contribution in [1.82, 2.24) is 4.72 Å². The molecule has 0 fully saturated rings. The van der Waals surface area contributed by atoms with Gasteiger partial charge in [0.15, 0.2) is 0 Å². The minimum Gasteiger partial charge on any atom is -0.497 e. The van der Waals surface area contributed by atoms with E-state index in [9.17, 15) is 8.42 Å². The van der Waals surface area contributed by atoms with E-state index in [0.29, 0.717) is 18.9 Å². The van der Waals surface area contributed by atoms with E-state index >= 15 is 0 Å². The summed E-state index contributed by atoms with van der Waals surface area (Å²) in [6, 6.07) is 4.57. The molecule has 0 aliphatic carbocycles. The van der Waals surface area contributed by atoms with Gasteiger partial charge >= 0.3 is 0 Å². The van der Waals surface area contributed by atoms with Crippen molar-refractivity contribution in [2.45, 2.75) is 4.90 Å². The lowest BCUT2D eigenvalue weighted by molar-refractivity contribution is 0.147. The first-order chi connectivity index (χ1) is 9.55. The lowest BCUT2D eigenvalue weighted by Crippen LogP contribution is -2.28. The van der Waals surface area contributed by atoms with Crippen LogP contribution in [0.2, 0.25) is 0 Å². The van der Waals surface area contributed by atoms with Gasteiger partial charge in [-0.2, -0.15) is 0 Å². The Hall–Kier alpha value is -1.35. The van der Waals surface area contributed by atoms with Crippen LogP contribution in [-0.4, -0.2) is 48.9 Å². The molecule has 0 saturated heterocycles. The zero-order valence-electron chi connectivity index (χ0n) is 11.6. The van der Waals surface area contributed by atoms with Crippen LogP contribution in [0.3, 0.4) is 0 Å². The molecular weight excluding hydrogens is 284 g/mol.